The standard InChI is InChI=1S/C17H20N2O4/c20-15(18-13-4-5-13)8-3-11-1-6-14(7-2-11)19-10-12(17(22)23)9-16(19)21/h1-2,6-7,12-13H,3-5,8-10H2,(H,18,20)(H,22,23)/t12-/m0/s1. The summed E-state index contributed by atoms with van der Waals surface area (Å²) in [7, 11) is 0. The van der Waals surface area contributed by atoms with Crippen LogP contribution in [0.5, 0.6) is 0 Å². The van der Waals surface area contributed by atoms with E-state index >= 15 is 0 Å². The molecule has 0 aromatic heterocycles. The lowest BCUT2D eigenvalue weighted by atomic mass is 10.1. The molecule has 23 heavy (non-hydrogen) atoms. The summed E-state index contributed by atoms with van der Waals surface area (Å²) in [5, 5.41) is 12.0. The third-order valence-electron chi connectivity index (χ3n) is 4.31. The molecule has 0 radical (unpaired) electrons. The highest BCUT2D eigenvalue weighted by Gasteiger charge is 2.34. The van der Waals surface area contributed by atoms with Gasteiger partial charge in [-0.3, -0.25) is 14.4 Å². The Bertz CT molecular complexity index is 622. The lowest BCUT2D eigenvalue weighted by Gasteiger charge is -2.16. The van der Waals surface area contributed by atoms with E-state index in [9.17, 15) is 14.4 Å². The molecule has 1 heterocycles. The largest absolute Gasteiger partial charge is 0.481 e. The predicted octanol–water partition coefficient (Wildman–Crippen LogP) is 1.34. The molecule has 1 aliphatic carbocycles. The van der Waals surface area contributed by atoms with E-state index < -0.39 is 11.9 Å². The Labute approximate surface area is 134 Å². The first-order chi connectivity index (χ1) is 11.0. The monoisotopic (exact) mass is 316 g/mol. The maximum atomic E-state index is 11.9. The summed E-state index contributed by atoms with van der Waals surface area (Å²) in [6.07, 6.45) is 3.34. The van der Waals surface area contributed by atoms with Crippen molar-refractivity contribution in [1.29, 1.82) is 0 Å². The second-order valence-electron chi connectivity index (χ2n) is 6.25. The molecular formula is C17H20N2O4. The van der Waals surface area contributed by atoms with Crippen LogP contribution in [0.2, 0.25) is 0 Å². The molecule has 6 nitrogen and oxygen atoms in total. The first-order valence-electron chi connectivity index (χ1n) is 7.94. The average Bonchev–Trinajstić information content (AvgIpc) is 3.25. The molecule has 1 saturated heterocycles. The molecule has 2 fully saturated rings. The average molecular weight is 316 g/mol. The van der Waals surface area contributed by atoms with Gasteiger partial charge in [-0.15, -0.1) is 0 Å². The molecule has 1 aromatic carbocycles. The molecule has 0 unspecified atom stereocenters. The lowest BCUT2D eigenvalue weighted by Crippen LogP contribution is -2.26. The third kappa shape index (κ3) is 3.88. The second kappa shape index (κ2) is 6.40. The topological polar surface area (TPSA) is 86.7 Å². The Morgan fingerprint density at radius 1 is 1.22 bits per heavy atom. The Morgan fingerprint density at radius 3 is 2.48 bits per heavy atom. The zero-order chi connectivity index (χ0) is 16.4. The Hall–Kier alpha value is -2.37. The van der Waals surface area contributed by atoms with E-state index in [1.165, 1.54) is 4.90 Å². The van der Waals surface area contributed by atoms with Crippen molar-refractivity contribution in [3.63, 3.8) is 0 Å². The number of carboxylic acid groups (broad SMARTS) is 1. The van der Waals surface area contributed by atoms with Gasteiger partial charge >= 0.3 is 5.97 Å². The fourth-order valence-electron chi connectivity index (χ4n) is 2.75. The van der Waals surface area contributed by atoms with Crippen LogP contribution in [0.15, 0.2) is 24.3 Å². The SMILES string of the molecule is O=C(CCc1ccc(N2C[C@@H](C(=O)O)CC2=O)cc1)NC1CC1. The minimum Gasteiger partial charge on any atom is -0.481 e. The van der Waals surface area contributed by atoms with Crippen molar-refractivity contribution in [2.24, 2.45) is 5.92 Å². The smallest absolute Gasteiger partial charge is 0.308 e. The summed E-state index contributed by atoms with van der Waals surface area (Å²) < 4.78 is 0. The highest BCUT2D eigenvalue weighted by Crippen LogP contribution is 2.25. The van der Waals surface area contributed by atoms with E-state index in [0.29, 0.717) is 24.6 Å². The van der Waals surface area contributed by atoms with Crippen LogP contribution in [0.4, 0.5) is 5.69 Å². The van der Waals surface area contributed by atoms with E-state index in [-0.39, 0.29) is 24.8 Å². The number of rotatable bonds is 6. The highest BCUT2D eigenvalue weighted by molar-refractivity contribution is 5.99. The van der Waals surface area contributed by atoms with Gasteiger partial charge in [0.15, 0.2) is 0 Å². The van der Waals surface area contributed by atoms with Gasteiger partial charge in [0, 0.05) is 31.1 Å². The molecule has 122 valence electrons. The maximum absolute atomic E-state index is 11.9. The molecular weight excluding hydrogens is 296 g/mol. The third-order valence-corrected chi connectivity index (χ3v) is 4.31. The molecule has 2 aliphatic rings. The maximum Gasteiger partial charge on any atom is 0.308 e. The van der Waals surface area contributed by atoms with Gasteiger partial charge in [0.2, 0.25) is 11.8 Å². The van der Waals surface area contributed by atoms with Gasteiger partial charge in [-0.1, -0.05) is 12.1 Å². The van der Waals surface area contributed by atoms with Gasteiger partial charge < -0.3 is 15.3 Å². The fraction of sp³-hybridized carbons (Fsp3) is 0.471. The Kier molecular flexibility index (Phi) is 4.32. The quantitative estimate of drug-likeness (QED) is 0.829. The van der Waals surface area contributed by atoms with Crippen LogP contribution < -0.4 is 10.2 Å². The number of hydrogen-bond donors (Lipinski definition) is 2. The summed E-state index contributed by atoms with van der Waals surface area (Å²) in [5.74, 6) is -1.64. The number of amides is 2. The summed E-state index contributed by atoms with van der Waals surface area (Å²) in [4.78, 5) is 36.1. The molecule has 3 rings (SSSR count). The van der Waals surface area contributed by atoms with Crippen LogP contribution >= 0.6 is 0 Å². The van der Waals surface area contributed by atoms with Gasteiger partial charge in [0.05, 0.1) is 5.92 Å². The summed E-state index contributed by atoms with van der Waals surface area (Å²) in [5.41, 5.74) is 1.74. The van der Waals surface area contributed by atoms with Gasteiger partial charge in [-0.05, 0) is 37.0 Å². The molecule has 1 aliphatic heterocycles. The molecule has 2 amide bonds. The van der Waals surface area contributed by atoms with Crippen LogP contribution in [-0.2, 0) is 20.8 Å². The molecule has 1 atom stereocenters. The van der Waals surface area contributed by atoms with Crippen molar-refractivity contribution in [2.45, 2.75) is 38.1 Å². The van der Waals surface area contributed by atoms with Crippen molar-refractivity contribution in [1.82, 2.24) is 5.32 Å². The van der Waals surface area contributed by atoms with Gasteiger partial charge in [0.25, 0.3) is 0 Å². The first kappa shape index (κ1) is 15.5. The number of carbonyl (C=O) groups excluding carboxylic acids is 2. The lowest BCUT2D eigenvalue weighted by molar-refractivity contribution is -0.141. The van der Waals surface area contributed by atoms with Crippen molar-refractivity contribution in [3.8, 4) is 0 Å². The Morgan fingerprint density at radius 2 is 1.91 bits per heavy atom. The molecule has 1 aromatic rings. The molecule has 6 heteroatoms. The van der Waals surface area contributed by atoms with E-state index in [1.54, 1.807) is 0 Å². The number of aliphatic carboxylic acids is 1. The number of nitrogens with zero attached hydrogens (tertiary/aromatic N) is 1. The molecule has 2 N–H and O–H groups in total. The molecule has 1 saturated carbocycles. The minimum atomic E-state index is -0.931. The normalized spacial score (nSPS) is 20.6. The zero-order valence-electron chi connectivity index (χ0n) is 12.8. The zero-order valence-corrected chi connectivity index (χ0v) is 12.8. The summed E-state index contributed by atoms with van der Waals surface area (Å²) >= 11 is 0. The number of hydrogen-bond acceptors (Lipinski definition) is 3. The summed E-state index contributed by atoms with van der Waals surface area (Å²) in [6.45, 7) is 0.220. The number of carboxylic acids is 1. The predicted molar refractivity (Wildman–Crippen MR) is 84.0 cm³/mol. The van der Waals surface area contributed by atoms with Crippen molar-refractivity contribution < 1.29 is 19.5 Å². The van der Waals surface area contributed by atoms with E-state index in [4.69, 9.17) is 5.11 Å². The number of anilines is 1. The van der Waals surface area contributed by atoms with E-state index in [2.05, 4.69) is 5.32 Å². The highest BCUT2D eigenvalue weighted by atomic mass is 16.4. The molecule has 0 spiro atoms. The fourth-order valence-corrected chi connectivity index (χ4v) is 2.75. The first-order valence-corrected chi connectivity index (χ1v) is 7.94. The van der Waals surface area contributed by atoms with Crippen molar-refractivity contribution in [2.75, 3.05) is 11.4 Å². The van der Waals surface area contributed by atoms with Gasteiger partial charge in [-0.2, -0.15) is 0 Å². The Balaban J connectivity index is 1.55. The molecule has 0 bridgehead atoms. The van der Waals surface area contributed by atoms with Gasteiger partial charge in [0.1, 0.15) is 0 Å². The van der Waals surface area contributed by atoms with Crippen LogP contribution in [0.25, 0.3) is 0 Å². The van der Waals surface area contributed by atoms with Crippen LogP contribution in [0.3, 0.4) is 0 Å². The number of benzene rings is 1. The van der Waals surface area contributed by atoms with E-state index in [1.807, 2.05) is 24.3 Å². The number of aryl methyl sites for hydroxylation is 1. The second-order valence-corrected chi connectivity index (χ2v) is 6.25. The van der Waals surface area contributed by atoms with Crippen LogP contribution in [-0.4, -0.2) is 35.5 Å². The summed E-state index contributed by atoms with van der Waals surface area (Å²) in [6, 6.07) is 7.79. The van der Waals surface area contributed by atoms with Crippen LogP contribution in [0, 0.1) is 5.92 Å². The van der Waals surface area contributed by atoms with Crippen molar-refractivity contribution in [3.05, 3.63) is 29.8 Å². The minimum absolute atomic E-state index is 0.0540. The van der Waals surface area contributed by atoms with E-state index in [0.717, 1.165) is 18.4 Å². The van der Waals surface area contributed by atoms with Gasteiger partial charge in [-0.25, -0.2) is 0 Å². The number of nitrogens with one attached hydrogen (secondary N) is 1. The number of carbonyl (C=O) groups is 3. The van der Waals surface area contributed by atoms with Crippen LogP contribution in [0.1, 0.15) is 31.2 Å². The van der Waals surface area contributed by atoms with Crippen molar-refractivity contribution >= 4 is 23.5 Å².